The molecule has 1 aromatic carbocycles. The van der Waals surface area contributed by atoms with Crippen LogP contribution in [0.2, 0.25) is 5.02 Å². The Labute approximate surface area is 69.4 Å². The predicted octanol–water partition coefficient (Wildman–Crippen LogP) is 2.28. The molecule has 11 heavy (non-hydrogen) atoms. The van der Waals surface area contributed by atoms with Crippen molar-refractivity contribution in [3.8, 4) is 0 Å². The Kier molecular flexibility index (Phi) is 2.47. The second-order valence-corrected chi connectivity index (χ2v) is 2.74. The van der Waals surface area contributed by atoms with Crippen molar-refractivity contribution in [1.29, 1.82) is 0 Å². The fourth-order valence-corrected chi connectivity index (χ4v) is 0.998. The summed E-state index contributed by atoms with van der Waals surface area (Å²) in [5.74, 6) is -0.476. The Hall–Kier alpha value is -0.600. The zero-order valence-electron chi connectivity index (χ0n) is 6.06. The first kappa shape index (κ1) is 8.50. The molecule has 0 aromatic heterocycles. The Balaban J connectivity index is 3.21. The minimum atomic E-state index is -0.476. The highest BCUT2D eigenvalue weighted by Gasteiger charge is 2.04. The lowest BCUT2D eigenvalue weighted by Gasteiger charge is -2.01. The van der Waals surface area contributed by atoms with Crippen molar-refractivity contribution in [3.63, 3.8) is 0 Å². The van der Waals surface area contributed by atoms with Crippen molar-refractivity contribution < 1.29 is 9.50 Å². The van der Waals surface area contributed by atoms with E-state index in [9.17, 15) is 4.39 Å². The summed E-state index contributed by atoms with van der Waals surface area (Å²) >= 11 is 5.55. The average Bonchev–Trinajstić information content (AvgIpc) is 1.99. The topological polar surface area (TPSA) is 20.2 Å². The Morgan fingerprint density at radius 2 is 2.18 bits per heavy atom. The lowest BCUT2D eigenvalue weighted by molar-refractivity contribution is 0.281. The Bertz CT molecular complexity index is 250. The highest BCUT2D eigenvalue weighted by atomic mass is 35.5. The van der Waals surface area contributed by atoms with E-state index in [1.807, 2.05) is 0 Å². The van der Waals surface area contributed by atoms with Crippen LogP contribution in [0, 0.1) is 12.7 Å². The van der Waals surface area contributed by atoms with Gasteiger partial charge in [-0.1, -0.05) is 17.7 Å². The number of hydrogen-bond donors (Lipinski definition) is 1. The third-order valence-corrected chi connectivity index (χ3v) is 1.93. The van der Waals surface area contributed by atoms with Crippen LogP contribution in [-0.4, -0.2) is 5.11 Å². The van der Waals surface area contributed by atoms with Gasteiger partial charge in [0.15, 0.2) is 0 Å². The van der Waals surface area contributed by atoms with Gasteiger partial charge in [0, 0.05) is 0 Å². The van der Waals surface area contributed by atoms with Crippen LogP contribution in [0.3, 0.4) is 0 Å². The summed E-state index contributed by atoms with van der Waals surface area (Å²) in [4.78, 5) is 0. The number of hydrogen-bond acceptors (Lipinski definition) is 1. The van der Waals surface area contributed by atoms with Crippen LogP contribution in [0.1, 0.15) is 11.1 Å². The van der Waals surface area contributed by atoms with Gasteiger partial charge in [-0.3, -0.25) is 0 Å². The maximum Gasteiger partial charge on any atom is 0.142 e. The van der Waals surface area contributed by atoms with Crippen molar-refractivity contribution >= 4 is 11.6 Å². The summed E-state index contributed by atoms with van der Waals surface area (Å²) in [6.07, 6.45) is 0. The summed E-state index contributed by atoms with van der Waals surface area (Å²) in [6, 6.07) is 2.89. The predicted molar refractivity (Wildman–Crippen MR) is 42.1 cm³/mol. The van der Waals surface area contributed by atoms with E-state index in [0.717, 1.165) is 0 Å². The first-order valence-corrected chi connectivity index (χ1v) is 3.58. The molecule has 1 nitrogen and oxygen atoms in total. The van der Waals surface area contributed by atoms with E-state index < -0.39 is 5.82 Å². The molecular formula is C8H8ClFO. The second kappa shape index (κ2) is 3.20. The van der Waals surface area contributed by atoms with Gasteiger partial charge in [-0.05, 0) is 24.1 Å². The van der Waals surface area contributed by atoms with Crippen LogP contribution >= 0.6 is 11.6 Å². The number of aryl methyl sites for hydroxylation is 1. The fourth-order valence-electron chi connectivity index (χ4n) is 0.889. The Morgan fingerprint density at radius 3 is 2.64 bits per heavy atom. The fraction of sp³-hybridized carbons (Fsp3) is 0.250. The molecule has 0 unspecified atom stereocenters. The lowest BCUT2D eigenvalue weighted by atomic mass is 10.1. The van der Waals surface area contributed by atoms with Gasteiger partial charge in [-0.15, -0.1) is 0 Å². The number of aliphatic hydroxyl groups excluding tert-OH is 1. The maximum absolute atomic E-state index is 12.8. The number of benzene rings is 1. The molecule has 0 bridgehead atoms. The van der Waals surface area contributed by atoms with Crippen LogP contribution in [0.4, 0.5) is 4.39 Å². The highest BCUT2D eigenvalue weighted by molar-refractivity contribution is 6.31. The van der Waals surface area contributed by atoms with E-state index >= 15 is 0 Å². The molecular weight excluding hydrogens is 167 g/mol. The molecule has 0 saturated heterocycles. The van der Waals surface area contributed by atoms with Gasteiger partial charge < -0.3 is 5.11 Å². The van der Waals surface area contributed by atoms with Crippen molar-refractivity contribution in [1.82, 2.24) is 0 Å². The average molecular weight is 175 g/mol. The summed E-state index contributed by atoms with van der Waals surface area (Å²) in [7, 11) is 0. The van der Waals surface area contributed by atoms with E-state index in [-0.39, 0.29) is 11.6 Å². The van der Waals surface area contributed by atoms with Gasteiger partial charge in [-0.25, -0.2) is 4.39 Å². The van der Waals surface area contributed by atoms with Gasteiger partial charge in [-0.2, -0.15) is 0 Å². The molecule has 0 aliphatic carbocycles. The van der Waals surface area contributed by atoms with Crippen molar-refractivity contribution in [2.75, 3.05) is 0 Å². The molecule has 3 heteroatoms. The van der Waals surface area contributed by atoms with Crippen LogP contribution in [-0.2, 0) is 6.61 Å². The molecule has 0 aliphatic rings. The Morgan fingerprint density at radius 1 is 1.55 bits per heavy atom. The molecule has 0 fully saturated rings. The minimum absolute atomic E-state index is 0.127. The lowest BCUT2D eigenvalue weighted by Crippen LogP contribution is -1.89. The van der Waals surface area contributed by atoms with Crippen LogP contribution in [0.15, 0.2) is 12.1 Å². The summed E-state index contributed by atoms with van der Waals surface area (Å²) in [6.45, 7) is 1.54. The smallest absolute Gasteiger partial charge is 0.142 e. The molecule has 0 spiro atoms. The third-order valence-electron chi connectivity index (χ3n) is 1.45. The van der Waals surface area contributed by atoms with Crippen molar-refractivity contribution in [2.45, 2.75) is 13.5 Å². The van der Waals surface area contributed by atoms with Crippen LogP contribution in [0.5, 0.6) is 0 Å². The largest absolute Gasteiger partial charge is 0.392 e. The van der Waals surface area contributed by atoms with Gasteiger partial charge in [0.2, 0.25) is 0 Å². The SMILES string of the molecule is Cc1cc(CO)cc(F)c1Cl. The highest BCUT2D eigenvalue weighted by Crippen LogP contribution is 2.20. The molecule has 60 valence electrons. The van der Waals surface area contributed by atoms with Gasteiger partial charge in [0.1, 0.15) is 5.82 Å². The van der Waals surface area contributed by atoms with Crippen molar-refractivity contribution in [3.05, 3.63) is 34.1 Å². The minimum Gasteiger partial charge on any atom is -0.392 e. The monoisotopic (exact) mass is 174 g/mol. The van der Waals surface area contributed by atoms with E-state index in [0.29, 0.717) is 11.1 Å². The molecule has 0 heterocycles. The number of rotatable bonds is 1. The van der Waals surface area contributed by atoms with E-state index in [4.69, 9.17) is 16.7 Å². The quantitative estimate of drug-likeness (QED) is 0.693. The third kappa shape index (κ3) is 1.70. The molecule has 0 aliphatic heterocycles. The molecule has 0 atom stereocenters. The maximum atomic E-state index is 12.8. The van der Waals surface area contributed by atoms with Gasteiger partial charge >= 0.3 is 0 Å². The molecule has 0 radical (unpaired) electrons. The normalized spacial score (nSPS) is 10.2. The van der Waals surface area contributed by atoms with Crippen LogP contribution in [0.25, 0.3) is 0 Å². The van der Waals surface area contributed by atoms with E-state index in [1.165, 1.54) is 6.07 Å². The standard InChI is InChI=1S/C8H8ClFO/c1-5-2-6(4-11)3-7(10)8(5)9/h2-3,11H,4H2,1H3. The van der Waals surface area contributed by atoms with Gasteiger partial charge in [0.05, 0.1) is 11.6 Å². The molecule has 0 amide bonds. The molecule has 1 rings (SSSR count). The zero-order valence-corrected chi connectivity index (χ0v) is 6.82. The molecule has 1 N–H and O–H groups in total. The van der Waals surface area contributed by atoms with Crippen LogP contribution < -0.4 is 0 Å². The zero-order chi connectivity index (χ0) is 8.43. The van der Waals surface area contributed by atoms with Gasteiger partial charge in [0.25, 0.3) is 0 Å². The second-order valence-electron chi connectivity index (χ2n) is 2.37. The first-order valence-electron chi connectivity index (χ1n) is 3.20. The van der Waals surface area contributed by atoms with E-state index in [1.54, 1.807) is 13.0 Å². The first-order chi connectivity index (χ1) is 5.15. The summed E-state index contributed by atoms with van der Waals surface area (Å²) in [5.41, 5.74) is 1.19. The molecule has 1 aromatic rings. The summed E-state index contributed by atoms with van der Waals surface area (Å²) in [5, 5.41) is 8.79. The van der Waals surface area contributed by atoms with E-state index in [2.05, 4.69) is 0 Å². The number of aliphatic hydroxyl groups is 1. The van der Waals surface area contributed by atoms with Crippen molar-refractivity contribution in [2.24, 2.45) is 0 Å². The number of halogens is 2. The summed E-state index contributed by atoms with van der Waals surface area (Å²) < 4.78 is 12.8. The molecule has 0 saturated carbocycles.